The fourth-order valence-corrected chi connectivity index (χ4v) is 3.04. The first-order chi connectivity index (χ1) is 12.2. The van der Waals surface area contributed by atoms with Gasteiger partial charge in [0, 0.05) is 32.9 Å². The molecular formula is C20H18BrClN2O2. The third kappa shape index (κ3) is 4.34. The van der Waals surface area contributed by atoms with E-state index in [4.69, 9.17) is 16.3 Å². The van der Waals surface area contributed by atoms with E-state index >= 15 is 0 Å². The standard InChI is InChI=1S/C20H18BrClN2O2/c1-20(2,3)26-19(25)24-12-13(17-9-14(21)7-8-18(17)24)11-23-16-6-4-5-15(22)10-16/h4-12H,1-3H3. The second-order valence-corrected chi connectivity index (χ2v) is 8.19. The highest BCUT2D eigenvalue weighted by atomic mass is 79.9. The van der Waals surface area contributed by atoms with Crippen LogP contribution in [0.4, 0.5) is 10.5 Å². The maximum atomic E-state index is 12.6. The number of aromatic nitrogens is 1. The van der Waals surface area contributed by atoms with Crippen LogP contribution in [0.5, 0.6) is 0 Å². The minimum absolute atomic E-state index is 0.424. The molecule has 134 valence electrons. The van der Waals surface area contributed by atoms with Crippen LogP contribution in [0.3, 0.4) is 0 Å². The van der Waals surface area contributed by atoms with Crippen LogP contribution in [0.15, 0.2) is 58.1 Å². The van der Waals surface area contributed by atoms with Gasteiger partial charge in [-0.25, -0.2) is 4.79 Å². The van der Waals surface area contributed by atoms with Crippen molar-refractivity contribution >= 4 is 56.4 Å². The highest BCUT2D eigenvalue weighted by Gasteiger charge is 2.20. The van der Waals surface area contributed by atoms with E-state index < -0.39 is 11.7 Å². The summed E-state index contributed by atoms with van der Waals surface area (Å²) in [5.41, 5.74) is 1.74. The third-order valence-corrected chi connectivity index (χ3v) is 4.28. The zero-order chi connectivity index (χ0) is 18.9. The van der Waals surface area contributed by atoms with E-state index in [1.165, 1.54) is 4.57 Å². The number of benzene rings is 2. The van der Waals surface area contributed by atoms with Crippen LogP contribution in [0.2, 0.25) is 5.02 Å². The summed E-state index contributed by atoms with van der Waals surface area (Å²) in [5.74, 6) is 0. The lowest BCUT2D eigenvalue weighted by Gasteiger charge is -2.19. The Balaban J connectivity index is 2.05. The van der Waals surface area contributed by atoms with Crippen LogP contribution in [0.25, 0.3) is 10.9 Å². The number of fused-ring (bicyclic) bond motifs is 1. The molecule has 6 heteroatoms. The summed E-state index contributed by atoms with van der Waals surface area (Å²) in [6.45, 7) is 5.53. The molecule has 0 spiro atoms. The number of carbonyl (C=O) groups excluding carboxylic acids is 1. The van der Waals surface area contributed by atoms with Crippen molar-refractivity contribution in [1.82, 2.24) is 4.57 Å². The molecule has 3 rings (SSSR count). The molecule has 0 fully saturated rings. The minimum atomic E-state index is -0.571. The molecule has 0 saturated carbocycles. The number of hydrogen-bond acceptors (Lipinski definition) is 3. The van der Waals surface area contributed by atoms with Gasteiger partial charge in [0.1, 0.15) is 5.60 Å². The molecule has 4 nitrogen and oxygen atoms in total. The predicted octanol–water partition coefficient (Wildman–Crippen LogP) is 6.59. The quantitative estimate of drug-likeness (QED) is 0.428. The molecule has 3 aromatic rings. The SMILES string of the molecule is CC(C)(C)OC(=O)n1cc(C=Nc2cccc(Cl)c2)c2cc(Br)ccc21. The molecular weight excluding hydrogens is 416 g/mol. The predicted molar refractivity (Wildman–Crippen MR) is 110 cm³/mol. The summed E-state index contributed by atoms with van der Waals surface area (Å²) in [7, 11) is 0. The van der Waals surface area contributed by atoms with E-state index in [-0.39, 0.29) is 0 Å². The van der Waals surface area contributed by atoms with E-state index in [2.05, 4.69) is 20.9 Å². The summed E-state index contributed by atoms with van der Waals surface area (Å²) in [5, 5.41) is 1.52. The van der Waals surface area contributed by atoms with Crippen molar-refractivity contribution in [2.45, 2.75) is 26.4 Å². The van der Waals surface area contributed by atoms with Crippen molar-refractivity contribution in [3.05, 3.63) is 63.7 Å². The molecule has 0 aliphatic heterocycles. The molecule has 0 amide bonds. The molecule has 1 aromatic heterocycles. The Kier molecular flexibility index (Phi) is 5.21. The van der Waals surface area contributed by atoms with Gasteiger partial charge in [-0.05, 0) is 57.2 Å². The zero-order valence-electron chi connectivity index (χ0n) is 14.7. The summed E-state index contributed by atoms with van der Waals surface area (Å²) in [6, 6.07) is 13.0. The van der Waals surface area contributed by atoms with Crippen LogP contribution >= 0.6 is 27.5 Å². The van der Waals surface area contributed by atoms with E-state index in [0.29, 0.717) is 5.02 Å². The van der Waals surface area contributed by atoms with Gasteiger partial charge in [-0.15, -0.1) is 0 Å². The molecule has 0 unspecified atom stereocenters. The van der Waals surface area contributed by atoms with Gasteiger partial charge in [-0.1, -0.05) is 33.6 Å². The molecule has 0 saturated heterocycles. The van der Waals surface area contributed by atoms with Crippen LogP contribution in [0, 0.1) is 0 Å². The van der Waals surface area contributed by atoms with Crippen molar-refractivity contribution in [1.29, 1.82) is 0 Å². The van der Waals surface area contributed by atoms with Crippen LogP contribution in [-0.4, -0.2) is 22.5 Å². The second kappa shape index (κ2) is 7.25. The Morgan fingerprint density at radius 2 is 2.00 bits per heavy atom. The number of ether oxygens (including phenoxy) is 1. The smallest absolute Gasteiger partial charge is 0.419 e. The van der Waals surface area contributed by atoms with E-state index in [9.17, 15) is 4.79 Å². The number of halogens is 2. The highest BCUT2D eigenvalue weighted by Crippen LogP contribution is 2.26. The summed E-state index contributed by atoms with van der Waals surface area (Å²) >= 11 is 9.48. The second-order valence-electron chi connectivity index (χ2n) is 6.83. The van der Waals surface area contributed by atoms with Crippen LogP contribution in [0.1, 0.15) is 26.3 Å². The first-order valence-electron chi connectivity index (χ1n) is 8.06. The lowest BCUT2D eigenvalue weighted by Crippen LogP contribution is -2.26. The van der Waals surface area contributed by atoms with Crippen LogP contribution < -0.4 is 0 Å². The molecule has 2 aromatic carbocycles. The average molecular weight is 434 g/mol. The molecule has 0 radical (unpaired) electrons. The summed E-state index contributed by atoms with van der Waals surface area (Å²) < 4.78 is 7.93. The van der Waals surface area contributed by atoms with Gasteiger partial charge in [0.05, 0.1) is 11.2 Å². The molecule has 0 aliphatic carbocycles. The maximum absolute atomic E-state index is 12.6. The molecule has 26 heavy (non-hydrogen) atoms. The van der Waals surface area contributed by atoms with Crippen LogP contribution in [-0.2, 0) is 4.74 Å². The van der Waals surface area contributed by atoms with Gasteiger partial charge in [-0.3, -0.25) is 9.56 Å². The Bertz CT molecular complexity index is 1000. The number of nitrogens with zero attached hydrogens (tertiary/aromatic N) is 2. The molecule has 0 bridgehead atoms. The van der Waals surface area contributed by atoms with Gasteiger partial charge < -0.3 is 4.74 Å². The Hall–Kier alpha value is -2.11. The van der Waals surface area contributed by atoms with Crippen molar-refractivity contribution in [2.75, 3.05) is 0 Å². The zero-order valence-corrected chi connectivity index (χ0v) is 17.0. The largest absolute Gasteiger partial charge is 0.443 e. The lowest BCUT2D eigenvalue weighted by molar-refractivity contribution is 0.0544. The van der Waals surface area contributed by atoms with Crippen molar-refractivity contribution in [2.24, 2.45) is 4.99 Å². The normalized spacial score (nSPS) is 12.0. The average Bonchev–Trinajstić information content (AvgIpc) is 2.89. The fraction of sp³-hybridized carbons (Fsp3) is 0.200. The van der Waals surface area contributed by atoms with Crippen molar-refractivity contribution in [3.8, 4) is 0 Å². The summed E-state index contributed by atoms with van der Waals surface area (Å²) in [6.07, 6.45) is 3.03. The first kappa shape index (κ1) is 18.7. The molecule has 0 N–H and O–H groups in total. The minimum Gasteiger partial charge on any atom is -0.443 e. The van der Waals surface area contributed by atoms with Gasteiger partial charge in [0.2, 0.25) is 0 Å². The molecule has 1 heterocycles. The number of hydrogen-bond donors (Lipinski definition) is 0. The first-order valence-corrected chi connectivity index (χ1v) is 9.24. The van der Waals surface area contributed by atoms with Crippen molar-refractivity contribution < 1.29 is 9.53 Å². The number of aliphatic imine (C=N–C) groups is 1. The molecule has 0 atom stereocenters. The Morgan fingerprint density at radius 3 is 2.69 bits per heavy atom. The summed E-state index contributed by atoms with van der Waals surface area (Å²) in [4.78, 5) is 17.0. The monoisotopic (exact) mass is 432 g/mol. The van der Waals surface area contributed by atoms with E-state index in [0.717, 1.165) is 26.6 Å². The fourth-order valence-electron chi connectivity index (χ4n) is 2.49. The van der Waals surface area contributed by atoms with Gasteiger partial charge >= 0.3 is 6.09 Å². The Morgan fingerprint density at radius 1 is 1.23 bits per heavy atom. The van der Waals surface area contributed by atoms with Gasteiger partial charge in [0.25, 0.3) is 0 Å². The maximum Gasteiger partial charge on any atom is 0.419 e. The van der Waals surface area contributed by atoms with Gasteiger partial charge in [-0.2, -0.15) is 0 Å². The topological polar surface area (TPSA) is 43.6 Å². The highest BCUT2D eigenvalue weighted by molar-refractivity contribution is 9.10. The van der Waals surface area contributed by atoms with Gasteiger partial charge in [0.15, 0.2) is 0 Å². The van der Waals surface area contributed by atoms with E-state index in [1.54, 1.807) is 24.5 Å². The lowest BCUT2D eigenvalue weighted by atomic mass is 10.2. The number of rotatable bonds is 2. The molecule has 0 aliphatic rings. The number of carbonyl (C=O) groups is 1. The van der Waals surface area contributed by atoms with E-state index in [1.807, 2.05) is 51.1 Å². The third-order valence-electron chi connectivity index (χ3n) is 3.55. The Labute approximate surface area is 165 Å². The van der Waals surface area contributed by atoms with Crippen molar-refractivity contribution in [3.63, 3.8) is 0 Å².